The van der Waals surface area contributed by atoms with Gasteiger partial charge in [-0.25, -0.2) is 4.79 Å². The molecule has 4 aliphatic rings. The Morgan fingerprint density at radius 1 is 1.09 bits per heavy atom. The molecule has 0 saturated heterocycles. The van der Waals surface area contributed by atoms with Gasteiger partial charge in [-0.3, -0.25) is 4.79 Å². The predicted octanol–water partition coefficient (Wildman–Crippen LogP) is 3.68. The average Bonchev–Trinajstić information content (AvgIpc) is 3.03. The molecule has 4 unspecified atom stereocenters. The highest BCUT2D eigenvalue weighted by molar-refractivity contribution is 5.72. The Kier molecular flexibility index (Phi) is 6.29. The molecule has 4 aliphatic carbocycles. The van der Waals surface area contributed by atoms with Gasteiger partial charge in [0, 0.05) is 12.1 Å². The number of carbonyl (C=O) groups is 2. The fourth-order valence-corrected chi connectivity index (χ4v) is 8.33. The molecular formula is C25H42N2O5. The monoisotopic (exact) mass is 450 g/mol. The molecule has 4 saturated carbocycles. The van der Waals surface area contributed by atoms with Gasteiger partial charge in [0.15, 0.2) is 0 Å². The lowest BCUT2D eigenvalue weighted by Crippen LogP contribution is -2.66. The van der Waals surface area contributed by atoms with Crippen LogP contribution < -0.4 is 11.1 Å². The maximum absolute atomic E-state index is 12.2. The third-order valence-electron chi connectivity index (χ3n) is 10.5. The molecule has 0 aromatic heterocycles. The number of alkyl carbamates (subject to hydrolysis) is 1. The van der Waals surface area contributed by atoms with Crippen molar-refractivity contribution in [3.8, 4) is 0 Å². The second-order valence-corrected chi connectivity index (χ2v) is 11.7. The normalized spacial score (nSPS) is 46.3. The zero-order valence-corrected chi connectivity index (χ0v) is 19.9. The van der Waals surface area contributed by atoms with Gasteiger partial charge in [-0.05, 0) is 92.8 Å². The molecule has 0 aliphatic heterocycles. The van der Waals surface area contributed by atoms with Gasteiger partial charge in [0.25, 0.3) is 0 Å². The molecule has 7 heteroatoms. The molecule has 0 radical (unpaired) electrons. The molecule has 9 atom stereocenters. The van der Waals surface area contributed by atoms with Crippen molar-refractivity contribution in [1.29, 1.82) is 0 Å². The molecule has 4 fully saturated rings. The van der Waals surface area contributed by atoms with Crippen LogP contribution in [-0.2, 0) is 9.53 Å². The molecule has 4 rings (SSSR count). The first-order valence-corrected chi connectivity index (χ1v) is 12.7. The first kappa shape index (κ1) is 23.8. The number of carboxylic acid groups (broad SMARTS) is 1. The number of hydrogen-bond donors (Lipinski definition) is 4. The molecule has 0 bridgehead atoms. The van der Waals surface area contributed by atoms with Gasteiger partial charge in [0.05, 0.1) is 12.0 Å². The largest absolute Gasteiger partial charge is 0.481 e. The van der Waals surface area contributed by atoms with E-state index in [0.29, 0.717) is 30.6 Å². The Morgan fingerprint density at radius 3 is 2.53 bits per heavy atom. The predicted molar refractivity (Wildman–Crippen MR) is 121 cm³/mol. The summed E-state index contributed by atoms with van der Waals surface area (Å²) in [6.45, 7) is 6.66. The fourth-order valence-electron chi connectivity index (χ4n) is 8.33. The van der Waals surface area contributed by atoms with E-state index in [1.807, 2.05) is 6.92 Å². The van der Waals surface area contributed by atoms with E-state index in [9.17, 15) is 19.8 Å². The Morgan fingerprint density at radius 2 is 1.84 bits per heavy atom. The average molecular weight is 451 g/mol. The smallest absolute Gasteiger partial charge is 0.407 e. The summed E-state index contributed by atoms with van der Waals surface area (Å²) in [6.07, 6.45) is 7.89. The summed E-state index contributed by atoms with van der Waals surface area (Å²) in [5.41, 5.74) is 6.63. The van der Waals surface area contributed by atoms with E-state index in [4.69, 9.17) is 10.5 Å². The summed E-state index contributed by atoms with van der Waals surface area (Å²) in [6, 6.07) is 0. The lowest BCUT2D eigenvalue weighted by Gasteiger charge is -2.64. The van der Waals surface area contributed by atoms with Gasteiger partial charge < -0.3 is 26.0 Å². The standard InChI is InChI=1S/C25H42N2O5/c1-4-16(28)14-27-22(31)32-17-7-10-23(2)15(13-17)5-6-19-18(23)8-11-24(3)20(21(29)30)9-12-25(19,24)26/h15-20,28H,4-14,26H2,1-3H3,(H,27,31)(H,29,30)/t15?,16?,17?,18-,19-,20?,23+,24-,25-/m1/s1. The van der Waals surface area contributed by atoms with Crippen LogP contribution in [0.3, 0.4) is 0 Å². The highest BCUT2D eigenvalue weighted by Gasteiger charge is 2.67. The number of carboxylic acids is 1. The van der Waals surface area contributed by atoms with Crippen LogP contribution in [0.2, 0.25) is 0 Å². The number of rotatable bonds is 5. The molecule has 0 heterocycles. The van der Waals surface area contributed by atoms with Crippen LogP contribution in [0, 0.1) is 34.5 Å². The van der Waals surface area contributed by atoms with E-state index in [2.05, 4.69) is 19.2 Å². The molecule has 7 nitrogen and oxygen atoms in total. The van der Waals surface area contributed by atoms with Gasteiger partial charge in [0.1, 0.15) is 6.10 Å². The number of aliphatic carboxylic acids is 1. The molecule has 5 N–H and O–H groups in total. The summed E-state index contributed by atoms with van der Waals surface area (Å²) in [5.74, 6) is 0.388. The highest BCUT2D eigenvalue weighted by atomic mass is 16.6. The van der Waals surface area contributed by atoms with Crippen LogP contribution in [0.4, 0.5) is 4.79 Å². The lowest BCUT2D eigenvalue weighted by molar-refractivity contribution is -0.157. The van der Waals surface area contributed by atoms with Crippen LogP contribution in [0.1, 0.15) is 85.0 Å². The van der Waals surface area contributed by atoms with E-state index in [0.717, 1.165) is 51.4 Å². The molecule has 1 amide bonds. The summed E-state index contributed by atoms with van der Waals surface area (Å²) in [7, 11) is 0. The highest BCUT2D eigenvalue weighted by Crippen LogP contribution is 2.68. The minimum absolute atomic E-state index is 0.0769. The third-order valence-corrected chi connectivity index (χ3v) is 10.5. The number of ether oxygens (including phenoxy) is 1. The summed E-state index contributed by atoms with van der Waals surface area (Å²) in [4.78, 5) is 24.1. The number of amides is 1. The number of hydrogen-bond acceptors (Lipinski definition) is 5. The number of carbonyl (C=O) groups excluding carboxylic acids is 1. The third kappa shape index (κ3) is 3.64. The van der Waals surface area contributed by atoms with E-state index in [1.165, 1.54) is 0 Å². The van der Waals surface area contributed by atoms with Gasteiger partial charge >= 0.3 is 12.1 Å². The topological polar surface area (TPSA) is 122 Å². The number of nitrogens with one attached hydrogen (secondary N) is 1. The number of aliphatic hydroxyl groups excluding tert-OH is 1. The number of nitrogens with two attached hydrogens (primary N) is 1. The number of aliphatic hydroxyl groups is 1. The van der Waals surface area contributed by atoms with Crippen LogP contribution in [-0.4, -0.2) is 46.6 Å². The quantitative estimate of drug-likeness (QED) is 0.507. The summed E-state index contributed by atoms with van der Waals surface area (Å²) in [5, 5.41) is 22.2. The van der Waals surface area contributed by atoms with Crippen LogP contribution in [0.5, 0.6) is 0 Å². The van der Waals surface area contributed by atoms with Crippen LogP contribution >= 0.6 is 0 Å². The SMILES string of the molecule is CCC(O)CNC(=O)OC1CC[C@@]2(C)C(CC[C@@H]3[C@H]2CC[C@]2(C)C(C(=O)O)CC[C@@]32N)C1. The van der Waals surface area contributed by atoms with Crippen molar-refractivity contribution < 1.29 is 24.5 Å². The summed E-state index contributed by atoms with van der Waals surface area (Å²) < 4.78 is 5.71. The van der Waals surface area contributed by atoms with Gasteiger partial charge in [-0.2, -0.15) is 0 Å². The van der Waals surface area contributed by atoms with Crippen molar-refractivity contribution in [3.63, 3.8) is 0 Å². The van der Waals surface area contributed by atoms with E-state index < -0.39 is 18.2 Å². The molecular weight excluding hydrogens is 408 g/mol. The van der Waals surface area contributed by atoms with Crippen LogP contribution in [0.25, 0.3) is 0 Å². The van der Waals surface area contributed by atoms with E-state index in [-0.39, 0.29) is 34.9 Å². The Hall–Kier alpha value is -1.34. The second-order valence-electron chi connectivity index (χ2n) is 11.7. The first-order chi connectivity index (χ1) is 15.0. The van der Waals surface area contributed by atoms with Gasteiger partial charge in [0.2, 0.25) is 0 Å². The van der Waals surface area contributed by atoms with Crippen molar-refractivity contribution in [3.05, 3.63) is 0 Å². The van der Waals surface area contributed by atoms with Crippen molar-refractivity contribution in [2.75, 3.05) is 6.54 Å². The van der Waals surface area contributed by atoms with Crippen LogP contribution in [0.15, 0.2) is 0 Å². The Labute approximate surface area is 191 Å². The molecule has 0 spiro atoms. The van der Waals surface area contributed by atoms with E-state index >= 15 is 0 Å². The first-order valence-electron chi connectivity index (χ1n) is 12.7. The maximum Gasteiger partial charge on any atom is 0.407 e. The minimum Gasteiger partial charge on any atom is -0.481 e. The van der Waals surface area contributed by atoms with Crippen molar-refractivity contribution in [2.45, 2.75) is 103 Å². The van der Waals surface area contributed by atoms with Crippen molar-refractivity contribution in [2.24, 2.45) is 40.2 Å². The molecule has 0 aromatic carbocycles. The zero-order valence-electron chi connectivity index (χ0n) is 19.9. The lowest BCUT2D eigenvalue weighted by atomic mass is 9.42. The van der Waals surface area contributed by atoms with Gasteiger partial charge in [-0.15, -0.1) is 0 Å². The fraction of sp³-hybridized carbons (Fsp3) is 0.920. The van der Waals surface area contributed by atoms with E-state index in [1.54, 1.807) is 0 Å². The zero-order chi connectivity index (χ0) is 23.3. The molecule has 182 valence electrons. The number of fused-ring (bicyclic) bond motifs is 5. The Bertz CT molecular complexity index is 746. The second kappa shape index (κ2) is 8.46. The van der Waals surface area contributed by atoms with Crippen molar-refractivity contribution in [1.82, 2.24) is 5.32 Å². The summed E-state index contributed by atoms with van der Waals surface area (Å²) >= 11 is 0. The van der Waals surface area contributed by atoms with Gasteiger partial charge in [-0.1, -0.05) is 20.8 Å². The maximum atomic E-state index is 12.2. The molecule has 32 heavy (non-hydrogen) atoms. The molecule has 0 aromatic rings. The Balaban J connectivity index is 1.43. The minimum atomic E-state index is -0.680. The van der Waals surface area contributed by atoms with Crippen molar-refractivity contribution >= 4 is 12.1 Å².